The molecule has 2 nitrogen and oxygen atoms in total. The quantitative estimate of drug-likeness (QED) is 0.793. The van der Waals surface area contributed by atoms with Gasteiger partial charge in [0.25, 0.3) is 0 Å². The van der Waals surface area contributed by atoms with Crippen molar-refractivity contribution in [2.45, 2.75) is 71.2 Å². The first-order chi connectivity index (χ1) is 9.68. The largest absolute Gasteiger partial charge is 0.371 e. The van der Waals surface area contributed by atoms with Gasteiger partial charge in [0.1, 0.15) is 0 Å². The van der Waals surface area contributed by atoms with Crippen molar-refractivity contribution < 1.29 is 4.74 Å². The van der Waals surface area contributed by atoms with E-state index in [2.05, 4.69) is 49.9 Å². The van der Waals surface area contributed by atoms with Crippen LogP contribution in [0.15, 0.2) is 24.3 Å². The maximum Gasteiger partial charge on any atom is 0.0782 e. The maximum atomic E-state index is 6.25. The Hall–Kier alpha value is -1.02. The van der Waals surface area contributed by atoms with E-state index < -0.39 is 0 Å². The van der Waals surface area contributed by atoms with Crippen LogP contribution in [0.2, 0.25) is 0 Å². The van der Waals surface area contributed by atoms with Crippen LogP contribution in [0.3, 0.4) is 0 Å². The summed E-state index contributed by atoms with van der Waals surface area (Å²) in [7, 11) is 0. The van der Waals surface area contributed by atoms with Crippen LogP contribution in [0.5, 0.6) is 0 Å². The van der Waals surface area contributed by atoms with Gasteiger partial charge in [-0.1, -0.05) is 44.9 Å². The van der Waals surface area contributed by atoms with Crippen molar-refractivity contribution in [1.29, 1.82) is 0 Å². The lowest BCUT2D eigenvalue weighted by atomic mass is 9.88. The number of hydrogen-bond acceptors (Lipinski definition) is 2. The van der Waals surface area contributed by atoms with Crippen molar-refractivity contribution in [2.75, 3.05) is 4.90 Å². The molecule has 0 amide bonds. The summed E-state index contributed by atoms with van der Waals surface area (Å²) in [5.41, 5.74) is 2.76. The third-order valence-electron chi connectivity index (χ3n) is 5.15. The summed E-state index contributed by atoms with van der Waals surface area (Å²) in [6.07, 6.45) is 5.57. The van der Waals surface area contributed by atoms with E-state index in [1.807, 2.05) is 0 Å². The van der Waals surface area contributed by atoms with E-state index in [4.69, 9.17) is 4.74 Å². The highest BCUT2D eigenvalue weighted by Gasteiger charge is 2.37. The number of hydrogen-bond donors (Lipinski definition) is 0. The fourth-order valence-corrected chi connectivity index (χ4v) is 3.69. The van der Waals surface area contributed by atoms with Crippen molar-refractivity contribution in [3.05, 3.63) is 29.8 Å². The second-order valence-corrected chi connectivity index (χ2v) is 6.72. The third kappa shape index (κ3) is 2.46. The van der Waals surface area contributed by atoms with Crippen molar-refractivity contribution in [1.82, 2.24) is 0 Å². The molecular weight excluding hydrogens is 246 g/mol. The van der Waals surface area contributed by atoms with E-state index >= 15 is 0 Å². The Bertz CT molecular complexity index is 456. The number of ether oxygens (including phenoxy) is 1. The Morgan fingerprint density at radius 2 is 1.85 bits per heavy atom. The fourth-order valence-electron chi connectivity index (χ4n) is 3.69. The van der Waals surface area contributed by atoms with Gasteiger partial charge in [-0.25, -0.2) is 0 Å². The minimum absolute atomic E-state index is 0.414. The molecule has 1 saturated carbocycles. The molecule has 1 aromatic rings. The third-order valence-corrected chi connectivity index (χ3v) is 5.15. The molecule has 1 aliphatic carbocycles. The molecule has 20 heavy (non-hydrogen) atoms. The molecule has 3 atom stereocenters. The molecule has 0 N–H and O–H groups in total. The van der Waals surface area contributed by atoms with Crippen molar-refractivity contribution >= 4 is 5.69 Å². The smallest absolute Gasteiger partial charge is 0.0782 e. The van der Waals surface area contributed by atoms with Crippen LogP contribution in [0.4, 0.5) is 5.69 Å². The second kappa shape index (κ2) is 5.77. The minimum Gasteiger partial charge on any atom is -0.371 e. The molecule has 1 aromatic carbocycles. The Labute approximate surface area is 123 Å². The lowest BCUT2D eigenvalue weighted by molar-refractivity contribution is 0.00557. The van der Waals surface area contributed by atoms with Crippen LogP contribution in [-0.4, -0.2) is 18.2 Å². The number of nitrogens with zero attached hydrogens (tertiary/aromatic N) is 1. The van der Waals surface area contributed by atoms with Crippen LogP contribution >= 0.6 is 0 Å². The summed E-state index contributed by atoms with van der Waals surface area (Å²) >= 11 is 0. The molecule has 0 aromatic heterocycles. The minimum atomic E-state index is 0.414. The van der Waals surface area contributed by atoms with E-state index in [-0.39, 0.29) is 0 Å². The second-order valence-electron chi connectivity index (χ2n) is 6.72. The highest BCUT2D eigenvalue weighted by Crippen LogP contribution is 2.37. The van der Waals surface area contributed by atoms with E-state index in [0.29, 0.717) is 24.1 Å². The Balaban J connectivity index is 2.02. The van der Waals surface area contributed by atoms with Gasteiger partial charge in [0.05, 0.1) is 18.8 Å². The first-order valence-electron chi connectivity index (χ1n) is 8.16. The molecule has 0 spiro atoms. The van der Waals surface area contributed by atoms with Crippen LogP contribution in [0, 0.1) is 5.92 Å². The van der Waals surface area contributed by atoms with Crippen LogP contribution in [0.1, 0.15) is 52.0 Å². The highest BCUT2D eigenvalue weighted by molar-refractivity contribution is 5.56. The Morgan fingerprint density at radius 1 is 1.10 bits per heavy atom. The van der Waals surface area contributed by atoms with Gasteiger partial charge in [0.2, 0.25) is 0 Å². The van der Waals surface area contributed by atoms with Crippen LogP contribution in [0.25, 0.3) is 0 Å². The van der Waals surface area contributed by atoms with Crippen LogP contribution in [-0.2, 0) is 11.3 Å². The number of benzene rings is 1. The summed E-state index contributed by atoms with van der Waals surface area (Å²) in [5.74, 6) is 0.656. The number of para-hydroxylation sites is 1. The zero-order valence-corrected chi connectivity index (χ0v) is 13.0. The van der Waals surface area contributed by atoms with Gasteiger partial charge in [-0.3, -0.25) is 0 Å². The molecule has 3 unspecified atom stereocenters. The molecule has 1 aliphatic heterocycles. The SMILES string of the molecule is CC(C)C(C)N1c2ccccc2COC2CCCCC21. The topological polar surface area (TPSA) is 12.5 Å². The molecule has 110 valence electrons. The zero-order valence-electron chi connectivity index (χ0n) is 13.0. The van der Waals surface area contributed by atoms with Gasteiger partial charge in [0.15, 0.2) is 0 Å². The average molecular weight is 273 g/mol. The maximum absolute atomic E-state index is 6.25. The zero-order chi connectivity index (χ0) is 14.1. The number of anilines is 1. The van der Waals surface area contributed by atoms with Gasteiger partial charge in [-0.2, -0.15) is 0 Å². The summed E-state index contributed by atoms with van der Waals surface area (Å²) < 4.78 is 6.25. The van der Waals surface area contributed by atoms with Gasteiger partial charge in [-0.15, -0.1) is 0 Å². The average Bonchev–Trinajstić information content (AvgIpc) is 2.63. The van der Waals surface area contributed by atoms with E-state index in [1.165, 1.54) is 36.9 Å². The van der Waals surface area contributed by atoms with Gasteiger partial charge in [-0.05, 0) is 31.7 Å². The number of rotatable bonds is 2. The lowest BCUT2D eigenvalue weighted by Gasteiger charge is -2.44. The summed E-state index contributed by atoms with van der Waals surface area (Å²) in [6.45, 7) is 7.81. The predicted octanol–water partition coefficient (Wildman–Crippen LogP) is 4.38. The normalized spacial score (nSPS) is 27.7. The molecule has 2 heteroatoms. The van der Waals surface area contributed by atoms with E-state index in [0.717, 1.165) is 6.61 Å². The molecule has 1 heterocycles. The molecule has 0 radical (unpaired) electrons. The van der Waals surface area contributed by atoms with Crippen molar-refractivity contribution in [3.63, 3.8) is 0 Å². The van der Waals surface area contributed by atoms with Crippen molar-refractivity contribution in [3.8, 4) is 0 Å². The lowest BCUT2D eigenvalue weighted by Crippen LogP contribution is -2.51. The molecular formula is C18H27NO. The first-order valence-corrected chi connectivity index (χ1v) is 8.16. The van der Waals surface area contributed by atoms with Crippen molar-refractivity contribution in [2.24, 2.45) is 5.92 Å². The van der Waals surface area contributed by atoms with Crippen LogP contribution < -0.4 is 4.90 Å². The summed E-state index contributed by atoms with van der Waals surface area (Å²) in [4.78, 5) is 2.68. The molecule has 0 saturated heterocycles. The molecule has 2 aliphatic rings. The summed E-state index contributed by atoms with van der Waals surface area (Å²) in [6, 6.07) is 9.94. The molecule has 0 bridgehead atoms. The predicted molar refractivity (Wildman–Crippen MR) is 84.1 cm³/mol. The van der Waals surface area contributed by atoms with Gasteiger partial charge < -0.3 is 9.64 Å². The highest BCUT2D eigenvalue weighted by atomic mass is 16.5. The monoisotopic (exact) mass is 273 g/mol. The van der Waals surface area contributed by atoms with E-state index in [1.54, 1.807) is 0 Å². The molecule has 3 rings (SSSR count). The van der Waals surface area contributed by atoms with Gasteiger partial charge >= 0.3 is 0 Å². The Kier molecular flexibility index (Phi) is 4.02. The number of fused-ring (bicyclic) bond motifs is 2. The Morgan fingerprint density at radius 3 is 2.65 bits per heavy atom. The fraction of sp³-hybridized carbons (Fsp3) is 0.667. The summed E-state index contributed by atoms with van der Waals surface area (Å²) in [5, 5.41) is 0. The van der Waals surface area contributed by atoms with Gasteiger partial charge in [0, 0.05) is 17.3 Å². The van der Waals surface area contributed by atoms with E-state index in [9.17, 15) is 0 Å². The molecule has 1 fully saturated rings. The first kappa shape index (κ1) is 13.9. The standard InChI is InChI=1S/C18H27NO/c1-13(2)14(3)19-16-9-5-4-8-15(16)12-20-18-11-7-6-10-17(18)19/h4-5,8-9,13-14,17-18H,6-7,10-12H2,1-3H3.